The number of hydrogen-bond acceptors (Lipinski definition) is 18. The van der Waals surface area contributed by atoms with Gasteiger partial charge in [0.25, 0.3) is 0 Å². The monoisotopic (exact) mass is 1280 g/mol. The zero-order valence-electron chi connectivity index (χ0n) is 54.6. The van der Waals surface area contributed by atoms with Gasteiger partial charge in [-0.2, -0.15) is 0 Å². The number of carbonyl (C=O) groups excluding carboxylic acids is 1. The van der Waals surface area contributed by atoms with Crippen LogP contribution in [0.25, 0.3) is 0 Å². The molecular weight excluding hydrogens is 1150 g/mol. The third-order valence-corrected chi connectivity index (χ3v) is 16.6. The minimum absolute atomic E-state index is 0.224. The first-order valence-corrected chi connectivity index (χ1v) is 34.5. The highest BCUT2D eigenvalue weighted by Crippen LogP contribution is 2.33. The van der Waals surface area contributed by atoms with Crippen molar-refractivity contribution in [3.63, 3.8) is 0 Å². The quantitative estimate of drug-likeness (QED) is 0.0200. The second kappa shape index (κ2) is 52.0. The third kappa shape index (κ3) is 33.7. The topological polar surface area (TPSA) is 307 Å². The van der Waals surface area contributed by atoms with Gasteiger partial charge in [0.1, 0.15) is 73.2 Å². The summed E-state index contributed by atoms with van der Waals surface area (Å²) in [6.45, 7) is 1.60. The SMILES string of the molecule is CC/C=C\C/C=C\C/C=C\C/C=C\C/C=C\C/C=C\C/C=C\CCCCCCCCCC(=O)NC(COC1OC(CO)C(OC2OC(CO)C(OC3OC(CO)C(O)C(O)C3O)C(O)C2O)C(O)C1O)C(O)/C=C/CCCCCCCCCCCCCCCC. The minimum Gasteiger partial charge on any atom is -0.394 e. The molecule has 0 aromatic rings. The van der Waals surface area contributed by atoms with E-state index in [-0.39, 0.29) is 18.9 Å². The van der Waals surface area contributed by atoms with Crippen LogP contribution in [0.5, 0.6) is 0 Å². The van der Waals surface area contributed by atoms with E-state index >= 15 is 0 Å². The number of rotatable bonds is 51. The lowest BCUT2D eigenvalue weighted by Gasteiger charge is -2.48. The molecule has 3 fully saturated rings. The lowest BCUT2D eigenvalue weighted by molar-refractivity contribution is -0.379. The van der Waals surface area contributed by atoms with E-state index in [1.807, 2.05) is 6.08 Å². The van der Waals surface area contributed by atoms with Gasteiger partial charge in [0, 0.05) is 6.42 Å². The molecule has 90 heavy (non-hydrogen) atoms. The number of carbonyl (C=O) groups is 1. The lowest BCUT2D eigenvalue weighted by Crippen LogP contribution is -2.66. The van der Waals surface area contributed by atoms with Gasteiger partial charge < -0.3 is 89.9 Å². The molecule has 1 amide bonds. The van der Waals surface area contributed by atoms with Gasteiger partial charge in [-0.15, -0.1) is 0 Å². The van der Waals surface area contributed by atoms with Gasteiger partial charge in [-0.3, -0.25) is 4.79 Å². The molecule has 17 unspecified atom stereocenters. The molecule has 0 aromatic carbocycles. The Morgan fingerprint density at radius 1 is 0.411 bits per heavy atom. The van der Waals surface area contributed by atoms with E-state index in [9.17, 15) is 61.0 Å². The van der Waals surface area contributed by atoms with Gasteiger partial charge in [0.2, 0.25) is 5.91 Å². The summed E-state index contributed by atoms with van der Waals surface area (Å²) in [6.07, 6.45) is 40.8. The van der Waals surface area contributed by atoms with Crippen LogP contribution in [0.15, 0.2) is 97.2 Å². The predicted molar refractivity (Wildman–Crippen MR) is 351 cm³/mol. The summed E-state index contributed by atoms with van der Waals surface area (Å²) in [6, 6.07) is -0.986. The maximum atomic E-state index is 13.4. The summed E-state index contributed by atoms with van der Waals surface area (Å²) in [5.41, 5.74) is 0. The van der Waals surface area contributed by atoms with Crippen molar-refractivity contribution >= 4 is 5.91 Å². The Labute approximate surface area is 539 Å². The van der Waals surface area contributed by atoms with Crippen molar-refractivity contribution in [2.75, 3.05) is 26.4 Å². The van der Waals surface area contributed by atoms with Gasteiger partial charge in [0.05, 0.1) is 38.6 Å². The maximum absolute atomic E-state index is 13.4. The molecule has 17 atom stereocenters. The van der Waals surface area contributed by atoms with Gasteiger partial charge in [-0.05, 0) is 77.0 Å². The highest BCUT2D eigenvalue weighted by atomic mass is 16.8. The molecule has 12 N–H and O–H groups in total. The molecule has 3 aliphatic heterocycles. The molecule has 19 heteroatoms. The summed E-state index contributed by atoms with van der Waals surface area (Å²) in [5.74, 6) is -0.291. The van der Waals surface area contributed by atoms with Crippen molar-refractivity contribution in [3.05, 3.63) is 97.2 Å². The lowest BCUT2D eigenvalue weighted by atomic mass is 9.96. The maximum Gasteiger partial charge on any atom is 0.220 e. The first-order chi connectivity index (χ1) is 43.8. The Balaban J connectivity index is 1.43. The van der Waals surface area contributed by atoms with Crippen molar-refractivity contribution in [2.45, 2.75) is 317 Å². The average Bonchev–Trinajstić information content (AvgIpc) is 1.05. The van der Waals surface area contributed by atoms with E-state index < -0.39 is 124 Å². The van der Waals surface area contributed by atoms with Crippen LogP contribution in [0.2, 0.25) is 0 Å². The molecule has 3 heterocycles. The van der Waals surface area contributed by atoms with Crippen molar-refractivity contribution in [1.82, 2.24) is 5.32 Å². The number of aliphatic hydroxyl groups is 11. The van der Waals surface area contributed by atoms with Crippen molar-refractivity contribution < 1.29 is 89.4 Å². The van der Waals surface area contributed by atoms with E-state index in [0.29, 0.717) is 6.42 Å². The molecule has 0 bridgehead atoms. The normalized spacial score (nSPS) is 28.7. The number of aliphatic hydroxyl groups excluding tert-OH is 11. The molecule has 3 rings (SSSR count). The van der Waals surface area contributed by atoms with Crippen LogP contribution < -0.4 is 5.32 Å². The average molecular weight is 1280 g/mol. The van der Waals surface area contributed by atoms with E-state index in [1.54, 1.807) is 6.08 Å². The zero-order valence-corrected chi connectivity index (χ0v) is 54.6. The van der Waals surface area contributed by atoms with Crippen LogP contribution in [-0.2, 0) is 33.2 Å². The van der Waals surface area contributed by atoms with Crippen LogP contribution in [0.1, 0.15) is 213 Å². The fraction of sp³-hybridized carbons (Fsp3) is 0.761. The van der Waals surface area contributed by atoms with Gasteiger partial charge in [0.15, 0.2) is 18.9 Å². The van der Waals surface area contributed by atoms with Crippen molar-refractivity contribution in [3.8, 4) is 0 Å². The van der Waals surface area contributed by atoms with Gasteiger partial charge >= 0.3 is 0 Å². The van der Waals surface area contributed by atoms with Gasteiger partial charge in [-0.25, -0.2) is 0 Å². The van der Waals surface area contributed by atoms with Crippen molar-refractivity contribution in [2.24, 2.45) is 0 Å². The van der Waals surface area contributed by atoms with Crippen LogP contribution >= 0.6 is 0 Å². The smallest absolute Gasteiger partial charge is 0.220 e. The molecule has 518 valence electrons. The Morgan fingerprint density at radius 3 is 1.20 bits per heavy atom. The second-order valence-corrected chi connectivity index (χ2v) is 24.3. The number of ether oxygens (including phenoxy) is 6. The summed E-state index contributed by atoms with van der Waals surface area (Å²) < 4.78 is 34.3. The molecule has 3 aliphatic rings. The van der Waals surface area contributed by atoms with E-state index in [4.69, 9.17) is 28.4 Å². The molecule has 0 aromatic heterocycles. The van der Waals surface area contributed by atoms with Crippen LogP contribution in [0.3, 0.4) is 0 Å². The number of amides is 1. The number of allylic oxidation sites excluding steroid dienone is 15. The van der Waals surface area contributed by atoms with Crippen LogP contribution in [0, 0.1) is 0 Å². The number of unbranched alkanes of at least 4 members (excludes halogenated alkanes) is 21. The van der Waals surface area contributed by atoms with E-state index in [2.05, 4.69) is 104 Å². The number of hydrogen-bond donors (Lipinski definition) is 12. The third-order valence-electron chi connectivity index (χ3n) is 16.6. The molecular formula is C71H121NO18. The molecule has 0 radical (unpaired) electrons. The summed E-state index contributed by atoms with van der Waals surface area (Å²) in [4.78, 5) is 13.4. The Hall–Kier alpha value is -3.29. The van der Waals surface area contributed by atoms with Crippen molar-refractivity contribution in [1.29, 1.82) is 0 Å². The molecule has 0 saturated carbocycles. The number of nitrogens with one attached hydrogen (secondary N) is 1. The summed E-state index contributed by atoms with van der Waals surface area (Å²) in [5, 5.41) is 120. The Morgan fingerprint density at radius 2 is 0.767 bits per heavy atom. The largest absolute Gasteiger partial charge is 0.394 e. The summed E-state index contributed by atoms with van der Waals surface area (Å²) >= 11 is 0. The fourth-order valence-electron chi connectivity index (χ4n) is 11.1. The molecule has 0 aliphatic carbocycles. The van der Waals surface area contributed by atoms with Gasteiger partial charge in [-0.1, -0.05) is 227 Å². The first-order valence-electron chi connectivity index (χ1n) is 34.5. The standard InChI is InChI=1S/C71H121NO18/c1-3-5-7-9-11-13-15-17-19-21-22-23-24-25-26-27-28-29-30-31-32-33-35-37-39-41-43-45-47-49-59(77)72-54(55(76)48-46-44-42-40-38-36-34-20-18-16-14-12-10-8-6-4-2)53-85-69-65(83)62(80)67(57(51-74)87-69)90-71-66(84)63(81)68(58(52-75)88-71)89-70-64(82)61(79)60(78)56(50-73)86-70/h5,7,11,13,17,19,22-23,25-26,28-29,31-32,46,48,54-58,60-71,73-76,78-84H,3-4,6,8-10,12,14-16,18,20-21,24,27,30,33-45,47,49-53H2,1-2H3,(H,72,77)/b7-5-,13-11-,19-17-,23-22-,26-25-,29-28-,32-31-,48-46+. The highest BCUT2D eigenvalue weighted by molar-refractivity contribution is 5.76. The van der Waals surface area contributed by atoms with E-state index in [1.165, 1.54) is 70.6 Å². The first kappa shape index (κ1) is 80.9. The zero-order chi connectivity index (χ0) is 65.4. The predicted octanol–water partition coefficient (Wildman–Crippen LogP) is 8.88. The minimum atomic E-state index is -1.98. The van der Waals surface area contributed by atoms with Crippen LogP contribution in [0.4, 0.5) is 0 Å². The Kier molecular flexibility index (Phi) is 46.8. The highest BCUT2D eigenvalue weighted by Gasteiger charge is 2.53. The molecule has 3 saturated heterocycles. The molecule has 19 nitrogen and oxygen atoms in total. The second-order valence-electron chi connectivity index (χ2n) is 24.3. The summed E-state index contributed by atoms with van der Waals surface area (Å²) in [7, 11) is 0. The van der Waals surface area contributed by atoms with Crippen LogP contribution in [-0.4, -0.2) is 193 Å². The fourth-order valence-corrected chi connectivity index (χ4v) is 11.1. The Bertz CT molecular complexity index is 2010. The molecule has 0 spiro atoms. The van der Waals surface area contributed by atoms with E-state index in [0.717, 1.165) is 116 Å².